The Balaban J connectivity index is 2.20. The van der Waals surface area contributed by atoms with E-state index in [4.69, 9.17) is 19.4 Å². The van der Waals surface area contributed by atoms with E-state index >= 15 is 0 Å². The van der Waals surface area contributed by atoms with Crippen molar-refractivity contribution in [2.45, 2.75) is 76.2 Å². The lowest BCUT2D eigenvalue weighted by Crippen LogP contribution is -2.61. The van der Waals surface area contributed by atoms with E-state index < -0.39 is 39.0 Å². The van der Waals surface area contributed by atoms with E-state index in [0.717, 1.165) is 5.56 Å². The fourth-order valence-corrected chi connectivity index (χ4v) is 3.90. The standard InChI is InChI=1S/C19H31N3O5Si/c1-19(2,3)28(4,5)27-18-15(21-22-20)16(24)17(14(11-23)26-18)25-12-13-9-7-6-8-10-13/h6-10,14-18,23-24H,11-12H2,1-5H3/t14?,15?,16-,17-,18-/m1/s1. The van der Waals surface area contributed by atoms with E-state index in [-0.39, 0.29) is 18.3 Å². The molecule has 28 heavy (non-hydrogen) atoms. The average molecular weight is 410 g/mol. The van der Waals surface area contributed by atoms with Gasteiger partial charge >= 0.3 is 0 Å². The summed E-state index contributed by atoms with van der Waals surface area (Å²) in [7, 11) is -2.27. The Morgan fingerprint density at radius 1 is 1.25 bits per heavy atom. The molecule has 0 amide bonds. The van der Waals surface area contributed by atoms with Crippen molar-refractivity contribution >= 4 is 8.32 Å². The lowest BCUT2D eigenvalue weighted by molar-refractivity contribution is -0.255. The zero-order valence-electron chi connectivity index (χ0n) is 17.1. The Bertz CT molecular complexity index is 676. The number of rotatable bonds is 7. The van der Waals surface area contributed by atoms with Gasteiger partial charge in [-0.3, -0.25) is 0 Å². The summed E-state index contributed by atoms with van der Waals surface area (Å²) in [4.78, 5) is 2.86. The summed E-state index contributed by atoms with van der Waals surface area (Å²) in [6.07, 6.45) is -3.75. The second-order valence-electron chi connectivity index (χ2n) is 8.55. The van der Waals surface area contributed by atoms with Gasteiger partial charge in [-0.05, 0) is 29.2 Å². The number of hydrogen-bond donors (Lipinski definition) is 2. The van der Waals surface area contributed by atoms with Gasteiger partial charge in [0.25, 0.3) is 0 Å². The van der Waals surface area contributed by atoms with E-state index in [0.29, 0.717) is 0 Å². The van der Waals surface area contributed by atoms with Crippen LogP contribution in [0.15, 0.2) is 35.4 Å². The summed E-state index contributed by atoms with van der Waals surface area (Å²) >= 11 is 0. The van der Waals surface area contributed by atoms with Gasteiger partial charge in [-0.1, -0.05) is 56.2 Å². The normalized spacial score (nSPS) is 28.6. The maximum Gasteiger partial charge on any atom is 0.195 e. The van der Waals surface area contributed by atoms with Gasteiger partial charge in [0.05, 0.1) is 19.3 Å². The van der Waals surface area contributed by atoms with Crippen molar-refractivity contribution in [1.82, 2.24) is 0 Å². The van der Waals surface area contributed by atoms with Crippen LogP contribution in [0.4, 0.5) is 0 Å². The average Bonchev–Trinajstić information content (AvgIpc) is 2.63. The number of hydrogen-bond acceptors (Lipinski definition) is 6. The van der Waals surface area contributed by atoms with E-state index in [9.17, 15) is 10.2 Å². The zero-order valence-corrected chi connectivity index (χ0v) is 18.1. The molecule has 0 aromatic heterocycles. The lowest BCUT2D eigenvalue weighted by Gasteiger charge is -2.46. The quantitative estimate of drug-likeness (QED) is 0.310. The number of ether oxygens (including phenoxy) is 2. The predicted molar refractivity (Wildman–Crippen MR) is 108 cm³/mol. The van der Waals surface area contributed by atoms with Gasteiger partial charge < -0.3 is 24.1 Å². The van der Waals surface area contributed by atoms with Crippen LogP contribution in [0.5, 0.6) is 0 Å². The Hall–Kier alpha value is -1.45. The summed E-state index contributed by atoms with van der Waals surface area (Å²) in [5.41, 5.74) is 9.91. The molecule has 1 aliphatic heterocycles. The molecule has 0 bridgehead atoms. The smallest absolute Gasteiger partial charge is 0.195 e. The third kappa shape index (κ3) is 5.33. The molecular weight excluding hydrogens is 378 g/mol. The first-order valence-electron chi connectivity index (χ1n) is 9.42. The van der Waals surface area contributed by atoms with Gasteiger partial charge in [0.1, 0.15) is 18.2 Å². The highest BCUT2D eigenvalue weighted by Crippen LogP contribution is 2.39. The van der Waals surface area contributed by atoms with Gasteiger partial charge in [-0.25, -0.2) is 0 Å². The van der Waals surface area contributed by atoms with Crippen molar-refractivity contribution in [2.75, 3.05) is 6.61 Å². The molecule has 8 nitrogen and oxygen atoms in total. The van der Waals surface area contributed by atoms with Crippen molar-refractivity contribution in [3.05, 3.63) is 46.3 Å². The topological polar surface area (TPSA) is 117 Å². The number of aliphatic hydroxyl groups is 2. The summed E-state index contributed by atoms with van der Waals surface area (Å²) in [6, 6.07) is 8.52. The number of aliphatic hydroxyl groups excluding tert-OH is 2. The second-order valence-corrected chi connectivity index (χ2v) is 13.3. The summed E-state index contributed by atoms with van der Waals surface area (Å²) in [5, 5.41) is 24.3. The molecule has 1 aliphatic rings. The van der Waals surface area contributed by atoms with Crippen LogP contribution >= 0.6 is 0 Å². The van der Waals surface area contributed by atoms with Crippen LogP contribution in [0.2, 0.25) is 18.1 Å². The molecule has 9 heteroatoms. The summed E-state index contributed by atoms with van der Waals surface area (Å²) in [6.45, 7) is 10.2. The van der Waals surface area contributed by atoms with Gasteiger partial charge in [0.2, 0.25) is 0 Å². The van der Waals surface area contributed by atoms with Crippen LogP contribution in [0.1, 0.15) is 26.3 Å². The van der Waals surface area contributed by atoms with E-state index in [1.807, 2.05) is 43.4 Å². The molecule has 0 spiro atoms. The monoisotopic (exact) mass is 409 g/mol. The predicted octanol–water partition coefficient (Wildman–Crippen LogP) is 3.35. The molecule has 1 aromatic carbocycles. The SMILES string of the molecule is CC(C)(C)[Si](C)(C)O[C@H]1OC(CO)[C@@H](OCc2ccccc2)[C@H](O)C1N=[N+]=[N-]. The van der Waals surface area contributed by atoms with Gasteiger partial charge in [0.15, 0.2) is 14.6 Å². The highest BCUT2D eigenvalue weighted by atomic mass is 28.4. The van der Waals surface area contributed by atoms with E-state index in [1.165, 1.54) is 0 Å². The van der Waals surface area contributed by atoms with Gasteiger partial charge in [0, 0.05) is 4.91 Å². The van der Waals surface area contributed by atoms with Crippen LogP contribution in [0.25, 0.3) is 10.4 Å². The largest absolute Gasteiger partial charge is 0.394 e. The first-order valence-corrected chi connectivity index (χ1v) is 12.3. The number of nitrogens with zero attached hydrogens (tertiary/aromatic N) is 3. The maximum atomic E-state index is 10.9. The summed E-state index contributed by atoms with van der Waals surface area (Å²) in [5.74, 6) is 0. The van der Waals surface area contributed by atoms with Crippen molar-refractivity contribution in [3.8, 4) is 0 Å². The fourth-order valence-electron chi connectivity index (χ4n) is 2.77. The molecular formula is C19H31N3O5Si. The van der Waals surface area contributed by atoms with Crippen molar-refractivity contribution < 1.29 is 24.1 Å². The van der Waals surface area contributed by atoms with Crippen molar-refractivity contribution in [3.63, 3.8) is 0 Å². The molecule has 2 unspecified atom stereocenters. The number of azide groups is 1. The zero-order chi connectivity index (χ0) is 20.9. The molecule has 2 N–H and O–H groups in total. The van der Waals surface area contributed by atoms with E-state index in [1.54, 1.807) is 0 Å². The molecule has 156 valence electrons. The molecule has 0 aliphatic carbocycles. The Kier molecular flexibility index (Phi) is 7.63. The third-order valence-corrected chi connectivity index (χ3v) is 9.94. The van der Waals surface area contributed by atoms with Crippen molar-refractivity contribution in [2.24, 2.45) is 5.11 Å². The maximum absolute atomic E-state index is 10.9. The molecule has 2 rings (SSSR count). The minimum atomic E-state index is -2.27. The molecule has 0 saturated carbocycles. The van der Waals surface area contributed by atoms with Crippen LogP contribution < -0.4 is 0 Å². The van der Waals surface area contributed by atoms with Crippen LogP contribution in [-0.4, -0.2) is 55.8 Å². The van der Waals surface area contributed by atoms with Crippen molar-refractivity contribution in [1.29, 1.82) is 0 Å². The molecule has 1 heterocycles. The first kappa shape index (κ1) is 22.8. The Morgan fingerprint density at radius 3 is 2.43 bits per heavy atom. The minimum Gasteiger partial charge on any atom is -0.394 e. The lowest BCUT2D eigenvalue weighted by atomic mass is 9.97. The Morgan fingerprint density at radius 2 is 1.89 bits per heavy atom. The molecule has 5 atom stereocenters. The molecule has 1 fully saturated rings. The van der Waals surface area contributed by atoms with E-state index in [2.05, 4.69) is 30.8 Å². The number of benzene rings is 1. The third-order valence-electron chi connectivity index (χ3n) is 5.51. The minimum absolute atomic E-state index is 0.0996. The highest BCUT2D eigenvalue weighted by Gasteiger charge is 2.49. The molecule has 1 saturated heterocycles. The molecule has 1 aromatic rings. The Labute approximate surface area is 167 Å². The highest BCUT2D eigenvalue weighted by molar-refractivity contribution is 6.74. The fraction of sp³-hybridized carbons (Fsp3) is 0.684. The van der Waals surface area contributed by atoms with Crippen LogP contribution in [0.3, 0.4) is 0 Å². The van der Waals surface area contributed by atoms with Crippen LogP contribution in [0, 0.1) is 0 Å². The second kappa shape index (κ2) is 9.36. The van der Waals surface area contributed by atoms with Crippen LogP contribution in [-0.2, 0) is 20.5 Å². The summed E-state index contributed by atoms with van der Waals surface area (Å²) < 4.78 is 18.0. The molecule has 0 radical (unpaired) electrons. The first-order chi connectivity index (χ1) is 13.1. The van der Waals surface area contributed by atoms with Gasteiger partial charge in [-0.2, -0.15) is 0 Å². The van der Waals surface area contributed by atoms with Gasteiger partial charge in [-0.15, -0.1) is 0 Å².